The zero-order valence-corrected chi connectivity index (χ0v) is 12.0. The van der Waals surface area contributed by atoms with Crippen molar-refractivity contribution < 1.29 is 8.78 Å². The molecule has 1 heterocycles. The summed E-state index contributed by atoms with van der Waals surface area (Å²) in [5.74, 6) is -0.0770. The molecule has 0 unspecified atom stereocenters. The second-order valence-electron chi connectivity index (χ2n) is 4.51. The van der Waals surface area contributed by atoms with E-state index in [2.05, 4.69) is 15.3 Å². The van der Waals surface area contributed by atoms with Gasteiger partial charge in [-0.3, -0.25) is 0 Å². The lowest BCUT2D eigenvalue weighted by Gasteiger charge is -2.09. The summed E-state index contributed by atoms with van der Waals surface area (Å²) in [5, 5.41) is 3.05. The van der Waals surface area contributed by atoms with Crippen LogP contribution in [0.3, 0.4) is 0 Å². The maximum Gasteiger partial charge on any atom is 0.163 e. The molecule has 0 atom stereocenters. The lowest BCUT2D eigenvalue weighted by atomic mass is 10.2. The lowest BCUT2D eigenvalue weighted by Crippen LogP contribution is -1.99. The van der Waals surface area contributed by atoms with E-state index in [-0.39, 0.29) is 16.7 Å². The van der Waals surface area contributed by atoms with Gasteiger partial charge in [0.15, 0.2) is 5.82 Å². The van der Waals surface area contributed by atoms with Gasteiger partial charge >= 0.3 is 0 Å². The molecule has 0 aliphatic rings. The van der Waals surface area contributed by atoms with Gasteiger partial charge in [-0.1, -0.05) is 23.7 Å². The van der Waals surface area contributed by atoms with Crippen molar-refractivity contribution in [2.45, 2.75) is 0 Å². The smallest absolute Gasteiger partial charge is 0.163 e. The van der Waals surface area contributed by atoms with Crippen molar-refractivity contribution >= 4 is 23.1 Å². The number of rotatable bonds is 3. The summed E-state index contributed by atoms with van der Waals surface area (Å²) in [5.41, 5.74) is 0.891. The third kappa shape index (κ3) is 3.20. The van der Waals surface area contributed by atoms with Gasteiger partial charge < -0.3 is 5.32 Å². The molecule has 0 spiro atoms. The summed E-state index contributed by atoms with van der Waals surface area (Å²) < 4.78 is 26.6. The lowest BCUT2D eigenvalue weighted by molar-refractivity contribution is 0.628. The number of hydrogen-bond donors (Lipinski definition) is 1. The van der Waals surface area contributed by atoms with Gasteiger partial charge in [-0.2, -0.15) is 0 Å². The quantitative estimate of drug-likeness (QED) is 0.704. The Balaban J connectivity index is 1.96. The average Bonchev–Trinajstić information content (AvgIpc) is 2.50. The molecule has 1 aromatic heterocycles. The average molecular weight is 318 g/mol. The Hall–Kier alpha value is -2.53. The van der Waals surface area contributed by atoms with Crippen molar-refractivity contribution in [2.24, 2.45) is 0 Å². The summed E-state index contributed by atoms with van der Waals surface area (Å²) in [6.45, 7) is 0. The van der Waals surface area contributed by atoms with Crippen LogP contribution in [-0.2, 0) is 0 Å². The van der Waals surface area contributed by atoms with Crippen LogP contribution in [0.4, 0.5) is 20.3 Å². The highest BCUT2D eigenvalue weighted by Crippen LogP contribution is 2.24. The highest BCUT2D eigenvalue weighted by Gasteiger charge is 2.08. The molecule has 3 rings (SSSR count). The van der Waals surface area contributed by atoms with Crippen LogP contribution >= 0.6 is 11.6 Å². The molecule has 1 N–H and O–H groups in total. The van der Waals surface area contributed by atoms with Gasteiger partial charge in [0.25, 0.3) is 0 Å². The van der Waals surface area contributed by atoms with Crippen LogP contribution in [-0.4, -0.2) is 9.97 Å². The van der Waals surface area contributed by atoms with E-state index in [1.165, 1.54) is 24.3 Å². The first-order valence-corrected chi connectivity index (χ1v) is 6.82. The molecular weight excluding hydrogens is 308 g/mol. The Morgan fingerprint density at radius 3 is 2.36 bits per heavy atom. The van der Waals surface area contributed by atoms with E-state index >= 15 is 0 Å². The van der Waals surface area contributed by atoms with E-state index in [1.54, 1.807) is 30.3 Å². The molecule has 0 fully saturated rings. The minimum Gasteiger partial charge on any atom is -0.338 e. The normalized spacial score (nSPS) is 10.5. The molecule has 3 nitrogen and oxygen atoms in total. The van der Waals surface area contributed by atoms with Crippen LogP contribution in [0.15, 0.2) is 54.6 Å². The van der Waals surface area contributed by atoms with Gasteiger partial charge in [0.1, 0.15) is 22.6 Å². The molecular formula is C16H10ClF2N3. The number of halogens is 3. The number of anilines is 2. The second kappa shape index (κ2) is 6.07. The Labute approximate surface area is 130 Å². The molecule has 3 aromatic rings. The molecule has 0 amide bonds. The van der Waals surface area contributed by atoms with Gasteiger partial charge in [-0.15, -0.1) is 0 Å². The number of nitrogens with one attached hydrogen (secondary N) is 1. The number of para-hydroxylation sites is 1. The highest BCUT2D eigenvalue weighted by atomic mass is 35.5. The minimum absolute atomic E-state index is 0.202. The molecule has 22 heavy (non-hydrogen) atoms. The van der Waals surface area contributed by atoms with E-state index in [0.29, 0.717) is 17.2 Å². The fourth-order valence-electron chi connectivity index (χ4n) is 1.91. The topological polar surface area (TPSA) is 37.8 Å². The molecule has 0 aliphatic carbocycles. The van der Waals surface area contributed by atoms with Gasteiger partial charge in [0, 0.05) is 11.6 Å². The number of hydrogen-bond acceptors (Lipinski definition) is 3. The van der Waals surface area contributed by atoms with Crippen LogP contribution < -0.4 is 5.32 Å². The predicted molar refractivity (Wildman–Crippen MR) is 82.1 cm³/mol. The number of aromatic nitrogens is 2. The number of nitrogens with zero attached hydrogens (tertiary/aromatic N) is 2. The zero-order valence-electron chi connectivity index (χ0n) is 11.2. The van der Waals surface area contributed by atoms with Crippen LogP contribution in [0.1, 0.15) is 0 Å². The van der Waals surface area contributed by atoms with E-state index < -0.39 is 5.82 Å². The van der Waals surface area contributed by atoms with E-state index in [4.69, 9.17) is 11.6 Å². The van der Waals surface area contributed by atoms with Crippen LogP contribution in [0.2, 0.25) is 5.15 Å². The van der Waals surface area contributed by atoms with Gasteiger partial charge in [-0.25, -0.2) is 18.7 Å². The standard InChI is InChI=1S/C16H10ClF2N3/c17-14-9-15(20-13-4-2-1-3-12(13)19)22-16(21-14)10-5-7-11(18)8-6-10/h1-9H,(H,20,21,22). The largest absolute Gasteiger partial charge is 0.338 e. The third-order valence-corrected chi connectivity index (χ3v) is 3.13. The van der Waals surface area contributed by atoms with Gasteiger partial charge in [-0.05, 0) is 36.4 Å². The van der Waals surface area contributed by atoms with Crippen LogP contribution in [0.5, 0.6) is 0 Å². The summed E-state index contributed by atoms with van der Waals surface area (Å²) in [4.78, 5) is 8.37. The Bertz CT molecular complexity index is 807. The maximum absolute atomic E-state index is 13.7. The Morgan fingerprint density at radius 1 is 0.909 bits per heavy atom. The fourth-order valence-corrected chi connectivity index (χ4v) is 2.09. The molecule has 0 radical (unpaired) electrons. The first-order valence-electron chi connectivity index (χ1n) is 6.44. The van der Waals surface area contributed by atoms with Crippen LogP contribution in [0.25, 0.3) is 11.4 Å². The SMILES string of the molecule is Fc1ccc(-c2nc(Cl)cc(Nc3ccccc3F)n2)cc1. The minimum atomic E-state index is -0.402. The molecule has 0 saturated heterocycles. The fraction of sp³-hybridized carbons (Fsp3) is 0. The summed E-state index contributed by atoms with van der Waals surface area (Å²) in [6.07, 6.45) is 0. The van der Waals surface area contributed by atoms with Crippen molar-refractivity contribution in [3.8, 4) is 11.4 Å². The summed E-state index contributed by atoms with van der Waals surface area (Å²) >= 11 is 5.98. The Morgan fingerprint density at radius 2 is 1.64 bits per heavy atom. The van der Waals surface area contributed by atoms with Crippen molar-refractivity contribution in [3.05, 3.63) is 71.4 Å². The first-order chi connectivity index (χ1) is 10.6. The molecule has 110 valence electrons. The second-order valence-corrected chi connectivity index (χ2v) is 4.90. The maximum atomic E-state index is 13.7. The molecule has 0 aliphatic heterocycles. The van der Waals surface area contributed by atoms with Crippen molar-refractivity contribution in [3.63, 3.8) is 0 Å². The summed E-state index contributed by atoms with van der Waals surface area (Å²) in [7, 11) is 0. The van der Waals surface area contributed by atoms with Gasteiger partial charge in [0.2, 0.25) is 0 Å². The van der Waals surface area contributed by atoms with Gasteiger partial charge in [0.05, 0.1) is 5.69 Å². The molecule has 2 aromatic carbocycles. The molecule has 0 bridgehead atoms. The van der Waals surface area contributed by atoms with Crippen molar-refractivity contribution in [1.82, 2.24) is 9.97 Å². The van der Waals surface area contributed by atoms with Crippen molar-refractivity contribution in [2.75, 3.05) is 5.32 Å². The Kier molecular flexibility index (Phi) is 3.98. The third-order valence-electron chi connectivity index (χ3n) is 2.93. The molecule has 6 heteroatoms. The monoisotopic (exact) mass is 317 g/mol. The summed E-state index contributed by atoms with van der Waals surface area (Å²) in [6, 6.07) is 13.4. The van der Waals surface area contributed by atoms with Crippen LogP contribution in [0, 0.1) is 11.6 Å². The zero-order chi connectivity index (χ0) is 15.5. The van der Waals surface area contributed by atoms with E-state index in [9.17, 15) is 8.78 Å². The number of benzene rings is 2. The van der Waals surface area contributed by atoms with Crippen molar-refractivity contribution in [1.29, 1.82) is 0 Å². The first kappa shape index (κ1) is 14.4. The predicted octanol–water partition coefficient (Wildman–Crippen LogP) is 4.82. The van der Waals surface area contributed by atoms with E-state index in [1.807, 2.05) is 0 Å². The highest BCUT2D eigenvalue weighted by molar-refractivity contribution is 6.29. The molecule has 0 saturated carbocycles. The van der Waals surface area contributed by atoms with E-state index in [0.717, 1.165) is 0 Å².